The molecule has 0 aliphatic carbocycles. The van der Waals surface area contributed by atoms with Crippen LogP contribution in [-0.2, 0) is 0 Å². The van der Waals surface area contributed by atoms with Crippen molar-refractivity contribution in [2.24, 2.45) is 0 Å². The normalized spacial score (nSPS) is 11.6. The Bertz CT molecular complexity index is 2470. The molecule has 0 fully saturated rings. The SMILES string of the molecule is c1ccc(-c2nc(-c3ccccc3)nc(-c3cccc4c(-n5c6ccccc6c6c7ccccc7ccc65)cccc34)n2)cc1. The van der Waals surface area contributed by atoms with Crippen molar-refractivity contribution in [2.75, 3.05) is 0 Å². The molecule has 0 amide bonds. The van der Waals surface area contributed by atoms with Crippen LogP contribution in [0, 0.1) is 0 Å². The van der Waals surface area contributed by atoms with Gasteiger partial charge in [-0.3, -0.25) is 0 Å². The third-order valence-corrected chi connectivity index (χ3v) is 8.64. The minimum absolute atomic E-state index is 0.652. The molecular weight excluding hydrogens is 548 g/mol. The van der Waals surface area contributed by atoms with Crippen molar-refractivity contribution < 1.29 is 0 Å². The Kier molecular flexibility index (Phi) is 5.78. The quantitative estimate of drug-likeness (QED) is 0.210. The van der Waals surface area contributed by atoms with Crippen LogP contribution in [0.15, 0.2) is 158 Å². The Labute approximate surface area is 259 Å². The summed E-state index contributed by atoms with van der Waals surface area (Å²) in [6.45, 7) is 0. The van der Waals surface area contributed by atoms with E-state index in [2.05, 4.69) is 102 Å². The average Bonchev–Trinajstić information content (AvgIpc) is 3.46. The number of nitrogens with zero attached hydrogens (tertiary/aromatic N) is 4. The summed E-state index contributed by atoms with van der Waals surface area (Å²) in [5, 5.41) is 7.24. The molecule has 9 rings (SSSR count). The zero-order chi connectivity index (χ0) is 29.7. The van der Waals surface area contributed by atoms with Gasteiger partial charge in [0.25, 0.3) is 0 Å². The maximum atomic E-state index is 5.05. The van der Waals surface area contributed by atoms with Crippen molar-refractivity contribution in [1.29, 1.82) is 0 Å². The smallest absolute Gasteiger partial charge is 0.164 e. The second-order valence-corrected chi connectivity index (χ2v) is 11.2. The van der Waals surface area contributed by atoms with E-state index in [1.807, 2.05) is 60.7 Å². The number of para-hydroxylation sites is 1. The van der Waals surface area contributed by atoms with E-state index in [0.717, 1.165) is 33.2 Å². The summed E-state index contributed by atoms with van der Waals surface area (Å²) in [4.78, 5) is 15.0. The predicted octanol–water partition coefficient (Wildman–Crippen LogP) is 10.3. The summed E-state index contributed by atoms with van der Waals surface area (Å²) >= 11 is 0. The van der Waals surface area contributed by atoms with Crippen molar-refractivity contribution >= 4 is 43.4 Å². The number of benzene rings is 7. The van der Waals surface area contributed by atoms with Crippen molar-refractivity contribution in [3.63, 3.8) is 0 Å². The van der Waals surface area contributed by atoms with E-state index in [1.165, 1.54) is 32.6 Å². The molecule has 0 saturated carbocycles. The van der Waals surface area contributed by atoms with Gasteiger partial charge in [-0.1, -0.05) is 140 Å². The van der Waals surface area contributed by atoms with Gasteiger partial charge in [-0.05, 0) is 34.4 Å². The molecule has 4 nitrogen and oxygen atoms in total. The van der Waals surface area contributed by atoms with Gasteiger partial charge in [-0.25, -0.2) is 15.0 Å². The summed E-state index contributed by atoms with van der Waals surface area (Å²) in [6.07, 6.45) is 0. The molecule has 0 bridgehead atoms. The molecule has 0 saturated heterocycles. The van der Waals surface area contributed by atoms with Crippen LogP contribution in [0.25, 0.3) is 83.2 Å². The first kappa shape index (κ1) is 25.4. The van der Waals surface area contributed by atoms with Gasteiger partial charge in [0, 0.05) is 32.8 Å². The topological polar surface area (TPSA) is 43.6 Å². The third kappa shape index (κ3) is 4.11. The lowest BCUT2D eigenvalue weighted by atomic mass is 10.0. The largest absolute Gasteiger partial charge is 0.309 e. The molecule has 7 aromatic carbocycles. The predicted molar refractivity (Wildman–Crippen MR) is 185 cm³/mol. The molecule has 0 aliphatic heterocycles. The van der Waals surface area contributed by atoms with Gasteiger partial charge in [0.2, 0.25) is 0 Å². The fourth-order valence-electron chi connectivity index (χ4n) is 6.61. The Morgan fingerprint density at radius 1 is 0.356 bits per heavy atom. The number of aromatic nitrogens is 4. The maximum Gasteiger partial charge on any atom is 0.164 e. The second kappa shape index (κ2) is 10.2. The number of rotatable bonds is 4. The van der Waals surface area contributed by atoms with E-state index in [-0.39, 0.29) is 0 Å². The Morgan fingerprint density at radius 2 is 0.933 bits per heavy atom. The fourth-order valence-corrected chi connectivity index (χ4v) is 6.61. The molecule has 0 unspecified atom stereocenters. The van der Waals surface area contributed by atoms with Crippen LogP contribution >= 0.6 is 0 Å². The Hall–Kier alpha value is -6.13. The van der Waals surface area contributed by atoms with E-state index >= 15 is 0 Å². The van der Waals surface area contributed by atoms with Crippen LogP contribution in [0.1, 0.15) is 0 Å². The molecule has 9 aromatic rings. The van der Waals surface area contributed by atoms with Crippen LogP contribution in [0.3, 0.4) is 0 Å². The van der Waals surface area contributed by atoms with Crippen LogP contribution in [0.2, 0.25) is 0 Å². The summed E-state index contributed by atoms with van der Waals surface area (Å²) < 4.78 is 2.40. The van der Waals surface area contributed by atoms with E-state index in [0.29, 0.717) is 17.5 Å². The second-order valence-electron chi connectivity index (χ2n) is 11.2. The maximum absolute atomic E-state index is 5.05. The summed E-state index contributed by atoms with van der Waals surface area (Å²) in [5.74, 6) is 1.96. The van der Waals surface area contributed by atoms with Crippen LogP contribution < -0.4 is 0 Å². The molecule has 0 N–H and O–H groups in total. The van der Waals surface area contributed by atoms with Gasteiger partial charge in [-0.2, -0.15) is 0 Å². The Morgan fingerprint density at radius 3 is 1.69 bits per heavy atom. The fraction of sp³-hybridized carbons (Fsp3) is 0. The molecular formula is C41H26N4. The molecule has 0 atom stereocenters. The molecule has 0 radical (unpaired) electrons. The van der Waals surface area contributed by atoms with Gasteiger partial charge in [0.1, 0.15) is 0 Å². The standard InChI is InChI=1S/C41H26N4/c1-3-14-28(15-4-1)39-42-40(29-16-5-2-6-17-29)44-41(43-39)33-22-11-21-32-31(33)20-12-24-35(32)45-36-23-10-9-19-34(36)38-30-18-8-7-13-27(30)25-26-37(38)45/h1-26H. The lowest BCUT2D eigenvalue weighted by Gasteiger charge is -2.14. The first-order valence-corrected chi connectivity index (χ1v) is 15.1. The van der Waals surface area contributed by atoms with E-state index < -0.39 is 0 Å². The monoisotopic (exact) mass is 574 g/mol. The zero-order valence-corrected chi connectivity index (χ0v) is 24.3. The highest BCUT2D eigenvalue weighted by atomic mass is 15.0. The minimum Gasteiger partial charge on any atom is -0.309 e. The van der Waals surface area contributed by atoms with Crippen molar-refractivity contribution in [1.82, 2.24) is 19.5 Å². The Balaban J connectivity index is 1.32. The molecule has 2 heterocycles. The van der Waals surface area contributed by atoms with E-state index in [9.17, 15) is 0 Å². The zero-order valence-electron chi connectivity index (χ0n) is 24.3. The molecule has 2 aromatic heterocycles. The first-order valence-electron chi connectivity index (χ1n) is 15.1. The highest BCUT2D eigenvalue weighted by Crippen LogP contribution is 2.39. The highest BCUT2D eigenvalue weighted by molar-refractivity contribution is 6.21. The first-order chi connectivity index (χ1) is 22.3. The van der Waals surface area contributed by atoms with Crippen LogP contribution in [0.4, 0.5) is 0 Å². The summed E-state index contributed by atoms with van der Waals surface area (Å²) in [5.41, 5.74) is 6.37. The third-order valence-electron chi connectivity index (χ3n) is 8.64. The summed E-state index contributed by atoms with van der Waals surface area (Å²) in [6, 6.07) is 55.0. The van der Waals surface area contributed by atoms with Gasteiger partial charge in [0.05, 0.1) is 16.7 Å². The highest BCUT2D eigenvalue weighted by Gasteiger charge is 2.18. The van der Waals surface area contributed by atoms with E-state index in [4.69, 9.17) is 15.0 Å². The molecule has 210 valence electrons. The number of fused-ring (bicyclic) bond motifs is 6. The van der Waals surface area contributed by atoms with Gasteiger partial charge in [0.15, 0.2) is 17.5 Å². The lowest BCUT2D eigenvalue weighted by molar-refractivity contribution is 1.08. The van der Waals surface area contributed by atoms with Crippen molar-refractivity contribution in [2.45, 2.75) is 0 Å². The van der Waals surface area contributed by atoms with Crippen molar-refractivity contribution in [3.05, 3.63) is 158 Å². The minimum atomic E-state index is 0.652. The van der Waals surface area contributed by atoms with Gasteiger partial charge >= 0.3 is 0 Å². The summed E-state index contributed by atoms with van der Waals surface area (Å²) in [7, 11) is 0. The molecule has 0 spiro atoms. The molecule has 4 heteroatoms. The van der Waals surface area contributed by atoms with Gasteiger partial charge < -0.3 is 4.57 Å². The number of hydrogen-bond donors (Lipinski definition) is 0. The number of hydrogen-bond acceptors (Lipinski definition) is 3. The lowest BCUT2D eigenvalue weighted by Crippen LogP contribution is -2.01. The van der Waals surface area contributed by atoms with E-state index in [1.54, 1.807) is 0 Å². The van der Waals surface area contributed by atoms with Crippen LogP contribution in [0.5, 0.6) is 0 Å². The van der Waals surface area contributed by atoms with Crippen LogP contribution in [-0.4, -0.2) is 19.5 Å². The molecule has 0 aliphatic rings. The molecule has 45 heavy (non-hydrogen) atoms. The van der Waals surface area contributed by atoms with Crippen molar-refractivity contribution in [3.8, 4) is 39.9 Å². The average molecular weight is 575 g/mol. The van der Waals surface area contributed by atoms with Gasteiger partial charge in [-0.15, -0.1) is 0 Å².